The van der Waals surface area contributed by atoms with Gasteiger partial charge in [-0.1, -0.05) is 241 Å². The summed E-state index contributed by atoms with van der Waals surface area (Å²) in [6.07, 6.45) is 30.1. The standard InChI is InChI=1S/C60H95O11P/c1-4-6-8-10-12-14-16-18-20-22-24-26-34-40-59(61)67-50-58(71-60(62)41-35-27-25-23-21-19-17-15-13-11-9-7-5-2)52-70-72(63,68-48-54-38-32-29-33-39-54)69-51-57(66-47-53-36-30-28-31-37-53)49-65-46-55-42-44-56(64-3)45-43-55/h28-33,36-39,42-45,57-58H,4-27,34-35,40-41,46-52H2,1-3H3/t57-,58+,72?/m0/s1. The highest BCUT2D eigenvalue weighted by atomic mass is 31.2. The lowest BCUT2D eigenvalue weighted by Gasteiger charge is -2.24. The van der Waals surface area contributed by atoms with Gasteiger partial charge in [-0.05, 0) is 41.7 Å². The molecule has 0 fully saturated rings. The lowest BCUT2D eigenvalue weighted by Crippen LogP contribution is -2.30. The molecule has 3 atom stereocenters. The second-order valence-electron chi connectivity index (χ2n) is 19.4. The van der Waals surface area contributed by atoms with Crippen molar-refractivity contribution >= 4 is 19.8 Å². The average Bonchev–Trinajstić information content (AvgIpc) is 3.40. The van der Waals surface area contributed by atoms with Gasteiger partial charge in [0.15, 0.2) is 6.10 Å². The van der Waals surface area contributed by atoms with Crippen LogP contribution in [-0.2, 0) is 66.5 Å². The molecule has 0 bridgehead atoms. The summed E-state index contributed by atoms with van der Waals surface area (Å²) in [6, 6.07) is 26.6. The van der Waals surface area contributed by atoms with Gasteiger partial charge >= 0.3 is 19.8 Å². The van der Waals surface area contributed by atoms with E-state index in [1.54, 1.807) is 7.11 Å². The second kappa shape index (κ2) is 42.8. The van der Waals surface area contributed by atoms with E-state index in [0.29, 0.717) is 13.0 Å². The zero-order valence-electron chi connectivity index (χ0n) is 44.9. The highest BCUT2D eigenvalue weighted by Gasteiger charge is 2.32. The van der Waals surface area contributed by atoms with Gasteiger partial charge < -0.3 is 23.7 Å². The Labute approximate surface area is 436 Å². The molecule has 0 saturated carbocycles. The fraction of sp³-hybridized carbons (Fsp3) is 0.667. The van der Waals surface area contributed by atoms with Crippen LogP contribution in [0.2, 0.25) is 0 Å². The fourth-order valence-electron chi connectivity index (χ4n) is 8.34. The monoisotopic (exact) mass is 1020 g/mol. The first-order valence-corrected chi connectivity index (χ1v) is 29.6. The number of phosphoric ester groups is 1. The zero-order chi connectivity index (χ0) is 51.4. The molecule has 3 aromatic rings. The predicted octanol–water partition coefficient (Wildman–Crippen LogP) is 16.6. The summed E-state index contributed by atoms with van der Waals surface area (Å²) < 4.78 is 61.8. The lowest BCUT2D eigenvalue weighted by atomic mass is 10.0. The SMILES string of the molecule is CCCCCCCCCCCCCCCC(=O)OC[C@H](COP(=O)(OCc1ccccc1)OC[C@H](COCc1ccc(OC)cc1)OCc1ccccc1)OC(=O)CCCCCCCCCCCCCCC. The summed E-state index contributed by atoms with van der Waals surface area (Å²) >= 11 is 0. The van der Waals surface area contributed by atoms with E-state index in [-0.39, 0.29) is 58.5 Å². The molecule has 12 heteroatoms. The average molecular weight is 1020 g/mol. The van der Waals surface area contributed by atoms with Crippen molar-refractivity contribution < 1.29 is 51.4 Å². The maximum Gasteiger partial charge on any atom is 0.475 e. The number of phosphoric acid groups is 1. The molecule has 0 aliphatic rings. The van der Waals surface area contributed by atoms with Gasteiger partial charge in [0, 0.05) is 12.8 Å². The van der Waals surface area contributed by atoms with Crippen LogP contribution in [0.15, 0.2) is 84.9 Å². The predicted molar refractivity (Wildman–Crippen MR) is 290 cm³/mol. The molecule has 406 valence electrons. The number of unbranched alkanes of at least 4 members (excludes halogenated alkanes) is 24. The molecule has 0 N–H and O–H groups in total. The molecule has 1 unspecified atom stereocenters. The minimum atomic E-state index is -4.35. The van der Waals surface area contributed by atoms with Crippen LogP contribution in [0.25, 0.3) is 0 Å². The fourth-order valence-corrected chi connectivity index (χ4v) is 9.57. The van der Waals surface area contributed by atoms with Crippen molar-refractivity contribution in [3.8, 4) is 5.75 Å². The Kier molecular flexibility index (Phi) is 37.2. The van der Waals surface area contributed by atoms with Crippen LogP contribution in [0.4, 0.5) is 0 Å². The first-order chi connectivity index (χ1) is 35.3. The third kappa shape index (κ3) is 33.3. The first kappa shape index (κ1) is 62.7. The van der Waals surface area contributed by atoms with Crippen molar-refractivity contribution in [1.82, 2.24) is 0 Å². The summed E-state index contributed by atoms with van der Waals surface area (Å²) in [5, 5.41) is 0. The Hall–Kier alpha value is -3.57. The van der Waals surface area contributed by atoms with Crippen molar-refractivity contribution in [2.45, 2.75) is 226 Å². The van der Waals surface area contributed by atoms with Crippen molar-refractivity contribution in [3.05, 3.63) is 102 Å². The van der Waals surface area contributed by atoms with Crippen LogP contribution >= 0.6 is 7.82 Å². The Morgan fingerprint density at radius 2 is 0.847 bits per heavy atom. The van der Waals surface area contributed by atoms with E-state index in [4.69, 9.17) is 37.3 Å². The number of carbonyl (C=O) groups is 2. The van der Waals surface area contributed by atoms with Gasteiger partial charge in [0.1, 0.15) is 18.5 Å². The molecule has 0 aliphatic carbocycles. The van der Waals surface area contributed by atoms with E-state index in [1.165, 1.54) is 122 Å². The minimum absolute atomic E-state index is 0.0702. The number of esters is 2. The Bertz CT molecular complexity index is 1780. The molecule has 0 amide bonds. The molecule has 0 aromatic heterocycles. The van der Waals surface area contributed by atoms with Gasteiger partial charge in [0.05, 0.1) is 46.8 Å². The van der Waals surface area contributed by atoms with Gasteiger partial charge in [0.25, 0.3) is 0 Å². The van der Waals surface area contributed by atoms with Crippen LogP contribution in [0.5, 0.6) is 5.75 Å². The molecule has 0 spiro atoms. The lowest BCUT2D eigenvalue weighted by molar-refractivity contribution is -0.161. The molecule has 3 aromatic carbocycles. The van der Waals surface area contributed by atoms with Gasteiger partial charge in [0.2, 0.25) is 0 Å². The molecular weight excluding hydrogens is 928 g/mol. The first-order valence-electron chi connectivity index (χ1n) is 28.1. The maximum atomic E-state index is 14.6. The molecule has 3 rings (SSSR count). The Morgan fingerprint density at radius 1 is 0.431 bits per heavy atom. The summed E-state index contributed by atoms with van der Waals surface area (Å²) in [5.41, 5.74) is 2.65. The molecule has 0 heterocycles. The van der Waals surface area contributed by atoms with Gasteiger partial charge in [-0.3, -0.25) is 23.2 Å². The van der Waals surface area contributed by atoms with Crippen LogP contribution < -0.4 is 4.74 Å². The third-order valence-electron chi connectivity index (χ3n) is 12.8. The summed E-state index contributed by atoms with van der Waals surface area (Å²) in [5.74, 6) is -0.0514. The summed E-state index contributed by atoms with van der Waals surface area (Å²) in [4.78, 5) is 26.3. The van der Waals surface area contributed by atoms with E-state index < -0.39 is 26.0 Å². The molecule has 0 saturated heterocycles. The summed E-state index contributed by atoms with van der Waals surface area (Å²) in [6.45, 7) is 4.30. The molecule has 0 aliphatic heterocycles. The highest BCUT2D eigenvalue weighted by Crippen LogP contribution is 2.50. The number of rotatable bonds is 48. The second-order valence-corrected chi connectivity index (χ2v) is 21.0. The Morgan fingerprint density at radius 3 is 1.32 bits per heavy atom. The number of hydrogen-bond donors (Lipinski definition) is 0. The highest BCUT2D eigenvalue weighted by molar-refractivity contribution is 7.48. The number of methoxy groups -OCH3 is 1. The van der Waals surface area contributed by atoms with Crippen LogP contribution in [0.1, 0.15) is 210 Å². The van der Waals surface area contributed by atoms with E-state index in [9.17, 15) is 14.2 Å². The van der Waals surface area contributed by atoms with Crippen LogP contribution in [0, 0.1) is 0 Å². The number of carbonyl (C=O) groups excluding carboxylic acids is 2. The molecule has 0 radical (unpaired) electrons. The zero-order valence-corrected chi connectivity index (χ0v) is 45.8. The number of hydrogen-bond acceptors (Lipinski definition) is 11. The van der Waals surface area contributed by atoms with Crippen molar-refractivity contribution in [2.75, 3.05) is 33.5 Å². The Balaban J connectivity index is 1.58. The quantitative estimate of drug-likeness (QED) is 0.0305. The molecule has 11 nitrogen and oxygen atoms in total. The number of ether oxygens (including phenoxy) is 5. The smallest absolute Gasteiger partial charge is 0.475 e. The van der Waals surface area contributed by atoms with Gasteiger partial charge in [-0.15, -0.1) is 0 Å². The van der Waals surface area contributed by atoms with Gasteiger partial charge in [-0.25, -0.2) is 4.57 Å². The van der Waals surface area contributed by atoms with Crippen LogP contribution in [0.3, 0.4) is 0 Å². The minimum Gasteiger partial charge on any atom is -0.497 e. The van der Waals surface area contributed by atoms with Crippen molar-refractivity contribution in [1.29, 1.82) is 0 Å². The normalized spacial score (nSPS) is 13.1. The van der Waals surface area contributed by atoms with Crippen molar-refractivity contribution in [3.63, 3.8) is 0 Å². The summed E-state index contributed by atoms with van der Waals surface area (Å²) in [7, 11) is -2.73. The van der Waals surface area contributed by atoms with E-state index in [2.05, 4.69) is 13.8 Å². The number of benzene rings is 3. The van der Waals surface area contributed by atoms with E-state index in [0.717, 1.165) is 61.0 Å². The largest absolute Gasteiger partial charge is 0.497 e. The van der Waals surface area contributed by atoms with Crippen LogP contribution in [-0.4, -0.2) is 57.7 Å². The van der Waals surface area contributed by atoms with Crippen molar-refractivity contribution in [2.24, 2.45) is 0 Å². The van der Waals surface area contributed by atoms with Gasteiger partial charge in [-0.2, -0.15) is 0 Å². The van der Waals surface area contributed by atoms with E-state index >= 15 is 0 Å². The maximum absolute atomic E-state index is 14.6. The molecular formula is C60H95O11P. The topological polar surface area (TPSA) is 125 Å². The third-order valence-corrected chi connectivity index (χ3v) is 14.2. The van der Waals surface area contributed by atoms with E-state index in [1.807, 2.05) is 84.9 Å². The molecule has 72 heavy (non-hydrogen) atoms.